The number of hydrogen-bond acceptors (Lipinski definition) is 6. The molecule has 1 atom stereocenters. The Kier molecular flexibility index (Phi) is 6.20. The van der Waals surface area contributed by atoms with Gasteiger partial charge < -0.3 is 18.9 Å². The Bertz CT molecular complexity index is 559. The molecule has 0 aromatic heterocycles. The summed E-state index contributed by atoms with van der Waals surface area (Å²) in [6.07, 6.45) is 1.26. The van der Waals surface area contributed by atoms with Crippen LogP contribution in [0.3, 0.4) is 0 Å². The lowest BCUT2D eigenvalue weighted by atomic mass is 9.97. The summed E-state index contributed by atoms with van der Waals surface area (Å²) < 4.78 is 21.1. The van der Waals surface area contributed by atoms with E-state index in [1.807, 2.05) is 20.8 Å². The molecule has 1 aromatic rings. The van der Waals surface area contributed by atoms with E-state index >= 15 is 0 Å². The molecule has 1 aliphatic rings. The fourth-order valence-corrected chi connectivity index (χ4v) is 2.18. The summed E-state index contributed by atoms with van der Waals surface area (Å²) >= 11 is 0. The van der Waals surface area contributed by atoms with Gasteiger partial charge in [-0.1, -0.05) is 13.8 Å². The van der Waals surface area contributed by atoms with Gasteiger partial charge in [-0.15, -0.1) is 0 Å². The number of rotatable bonds is 5. The van der Waals surface area contributed by atoms with E-state index < -0.39 is 11.8 Å². The monoisotopic (exact) mass is 336 g/mol. The van der Waals surface area contributed by atoms with Crippen LogP contribution in [0.4, 0.5) is 4.79 Å². The van der Waals surface area contributed by atoms with Gasteiger partial charge in [0, 0.05) is 12.8 Å². The molecule has 1 unspecified atom stereocenters. The third-order valence-electron chi connectivity index (χ3n) is 4.14. The van der Waals surface area contributed by atoms with E-state index in [0.29, 0.717) is 37.6 Å². The molecule has 24 heavy (non-hydrogen) atoms. The number of benzene rings is 1. The predicted molar refractivity (Wildman–Crippen MR) is 87.1 cm³/mol. The zero-order chi connectivity index (χ0) is 17.6. The molecule has 0 saturated carbocycles. The molecule has 1 aromatic carbocycles. The summed E-state index contributed by atoms with van der Waals surface area (Å²) in [6.45, 7) is 6.74. The van der Waals surface area contributed by atoms with E-state index in [9.17, 15) is 9.59 Å². The van der Waals surface area contributed by atoms with Gasteiger partial charge in [0.2, 0.25) is 0 Å². The van der Waals surface area contributed by atoms with Crippen molar-refractivity contribution in [2.45, 2.75) is 45.6 Å². The van der Waals surface area contributed by atoms with Crippen molar-refractivity contribution in [3.63, 3.8) is 0 Å². The standard InChI is InChI=1S/C18H24O6/c1-4-13(2)16(19)22-14-5-7-15(8-6-14)23-17(20)24-18(3)9-11-21-12-10-18/h5-8,13H,4,9-12H2,1-3H3. The van der Waals surface area contributed by atoms with Crippen LogP contribution >= 0.6 is 0 Å². The first-order valence-electron chi connectivity index (χ1n) is 8.22. The largest absolute Gasteiger partial charge is 0.514 e. The van der Waals surface area contributed by atoms with Crippen molar-refractivity contribution in [1.82, 2.24) is 0 Å². The van der Waals surface area contributed by atoms with Crippen LogP contribution in [0.1, 0.15) is 40.0 Å². The van der Waals surface area contributed by atoms with Crippen LogP contribution < -0.4 is 9.47 Å². The first-order valence-corrected chi connectivity index (χ1v) is 8.22. The molecule has 0 aliphatic carbocycles. The number of carbonyl (C=O) groups excluding carboxylic acids is 2. The van der Waals surface area contributed by atoms with Gasteiger partial charge in [-0.2, -0.15) is 0 Å². The molecule has 6 nitrogen and oxygen atoms in total. The quantitative estimate of drug-likeness (QED) is 0.463. The SMILES string of the molecule is CCC(C)C(=O)Oc1ccc(OC(=O)OC2(C)CCOCC2)cc1. The second-order valence-corrected chi connectivity index (χ2v) is 6.22. The van der Waals surface area contributed by atoms with Crippen molar-refractivity contribution in [3.8, 4) is 11.5 Å². The maximum atomic E-state index is 11.9. The molecule has 2 rings (SSSR count). The average Bonchev–Trinajstić information content (AvgIpc) is 2.55. The van der Waals surface area contributed by atoms with Crippen molar-refractivity contribution < 1.29 is 28.5 Å². The highest BCUT2D eigenvalue weighted by atomic mass is 16.7. The van der Waals surface area contributed by atoms with Gasteiger partial charge in [-0.05, 0) is 37.6 Å². The Morgan fingerprint density at radius 1 is 1.12 bits per heavy atom. The second kappa shape index (κ2) is 8.15. The van der Waals surface area contributed by atoms with Gasteiger partial charge in [0.05, 0.1) is 19.1 Å². The zero-order valence-corrected chi connectivity index (χ0v) is 14.4. The van der Waals surface area contributed by atoms with Crippen LogP contribution in [-0.2, 0) is 14.3 Å². The van der Waals surface area contributed by atoms with Crippen LogP contribution in [0.5, 0.6) is 11.5 Å². The van der Waals surface area contributed by atoms with E-state index in [1.54, 1.807) is 24.3 Å². The molecule has 1 aliphatic heterocycles. The summed E-state index contributed by atoms with van der Waals surface area (Å²) in [5.74, 6) is 0.311. The molecule has 1 heterocycles. The van der Waals surface area contributed by atoms with E-state index in [0.717, 1.165) is 6.42 Å². The van der Waals surface area contributed by atoms with Crippen molar-refractivity contribution in [2.75, 3.05) is 13.2 Å². The van der Waals surface area contributed by atoms with Crippen molar-refractivity contribution >= 4 is 12.1 Å². The highest BCUT2D eigenvalue weighted by Gasteiger charge is 2.32. The maximum Gasteiger partial charge on any atom is 0.514 e. The third-order valence-corrected chi connectivity index (χ3v) is 4.14. The highest BCUT2D eigenvalue weighted by Crippen LogP contribution is 2.26. The predicted octanol–water partition coefficient (Wildman–Crippen LogP) is 3.72. The number of hydrogen-bond donors (Lipinski definition) is 0. The van der Waals surface area contributed by atoms with Crippen LogP contribution in [0.25, 0.3) is 0 Å². The Labute approximate surface area is 142 Å². The van der Waals surface area contributed by atoms with Crippen molar-refractivity contribution in [1.29, 1.82) is 0 Å². The highest BCUT2D eigenvalue weighted by molar-refractivity contribution is 5.74. The number of carbonyl (C=O) groups is 2. The summed E-state index contributed by atoms with van der Waals surface area (Å²) in [5, 5.41) is 0. The van der Waals surface area contributed by atoms with E-state index in [1.165, 1.54) is 0 Å². The van der Waals surface area contributed by atoms with Gasteiger partial charge >= 0.3 is 12.1 Å². The van der Waals surface area contributed by atoms with Gasteiger partial charge in [0.15, 0.2) is 0 Å². The Morgan fingerprint density at radius 3 is 2.21 bits per heavy atom. The molecule has 6 heteroatoms. The zero-order valence-electron chi connectivity index (χ0n) is 14.4. The fraction of sp³-hybridized carbons (Fsp3) is 0.556. The minimum atomic E-state index is -0.747. The molecule has 0 N–H and O–H groups in total. The first kappa shape index (κ1) is 18.3. The van der Waals surface area contributed by atoms with Crippen LogP contribution in [0, 0.1) is 5.92 Å². The lowest BCUT2D eigenvalue weighted by molar-refractivity contribution is -0.138. The molecule has 0 radical (unpaired) electrons. The molecule has 0 amide bonds. The smallest absolute Gasteiger partial charge is 0.427 e. The second-order valence-electron chi connectivity index (χ2n) is 6.22. The number of esters is 1. The lowest BCUT2D eigenvalue weighted by Gasteiger charge is -2.32. The lowest BCUT2D eigenvalue weighted by Crippen LogP contribution is -2.38. The van der Waals surface area contributed by atoms with Crippen LogP contribution in [0.2, 0.25) is 0 Å². The minimum Gasteiger partial charge on any atom is -0.427 e. The topological polar surface area (TPSA) is 71.1 Å². The summed E-state index contributed by atoms with van der Waals surface area (Å²) in [6, 6.07) is 6.29. The van der Waals surface area contributed by atoms with Crippen LogP contribution in [0.15, 0.2) is 24.3 Å². The first-order chi connectivity index (χ1) is 11.4. The van der Waals surface area contributed by atoms with Crippen LogP contribution in [-0.4, -0.2) is 30.9 Å². The van der Waals surface area contributed by atoms with E-state index in [4.69, 9.17) is 18.9 Å². The van der Waals surface area contributed by atoms with Crippen molar-refractivity contribution in [2.24, 2.45) is 5.92 Å². The van der Waals surface area contributed by atoms with Crippen molar-refractivity contribution in [3.05, 3.63) is 24.3 Å². The number of ether oxygens (including phenoxy) is 4. The minimum absolute atomic E-state index is 0.156. The van der Waals surface area contributed by atoms with E-state index in [-0.39, 0.29) is 11.9 Å². The molecular weight excluding hydrogens is 312 g/mol. The normalized spacial score (nSPS) is 17.6. The summed E-state index contributed by atoms with van der Waals surface area (Å²) in [7, 11) is 0. The Balaban J connectivity index is 1.86. The third kappa shape index (κ3) is 5.23. The van der Waals surface area contributed by atoms with Gasteiger partial charge in [-0.25, -0.2) is 4.79 Å². The van der Waals surface area contributed by atoms with E-state index in [2.05, 4.69) is 0 Å². The summed E-state index contributed by atoms with van der Waals surface area (Å²) in [5.41, 5.74) is -0.554. The molecule has 0 spiro atoms. The van der Waals surface area contributed by atoms with Gasteiger partial charge in [0.1, 0.15) is 17.1 Å². The molecule has 1 fully saturated rings. The maximum absolute atomic E-state index is 11.9. The summed E-state index contributed by atoms with van der Waals surface area (Å²) in [4.78, 5) is 23.6. The molecule has 132 valence electrons. The average molecular weight is 336 g/mol. The molecule has 1 saturated heterocycles. The Hall–Kier alpha value is -2.08. The van der Waals surface area contributed by atoms with Gasteiger partial charge in [0.25, 0.3) is 0 Å². The molecule has 0 bridgehead atoms. The fourth-order valence-electron chi connectivity index (χ4n) is 2.18. The molecular formula is C18H24O6. The van der Waals surface area contributed by atoms with Gasteiger partial charge in [-0.3, -0.25) is 4.79 Å². The Morgan fingerprint density at radius 2 is 1.67 bits per heavy atom.